The molecule has 0 aliphatic rings. The van der Waals surface area contributed by atoms with E-state index in [1.54, 1.807) is 6.07 Å². The second kappa shape index (κ2) is 9.51. The molecule has 1 rings (SSSR count). The topological polar surface area (TPSA) is 172 Å². The third kappa shape index (κ3) is 34.5. The van der Waals surface area contributed by atoms with Gasteiger partial charge in [-0.25, -0.2) is 14.7 Å². The molecule has 1 heterocycles. The molecule has 0 aromatic carbocycles. The van der Waals surface area contributed by atoms with Crippen LogP contribution < -0.4 is 17.0 Å². The van der Waals surface area contributed by atoms with Gasteiger partial charge in [0.05, 0.1) is 0 Å². The van der Waals surface area contributed by atoms with E-state index in [0.29, 0.717) is 0 Å². The van der Waals surface area contributed by atoms with Crippen molar-refractivity contribution in [3.8, 4) is 0 Å². The number of H-pyrrole nitrogens is 1. The summed E-state index contributed by atoms with van der Waals surface area (Å²) in [5, 5.41) is 20.1. The number of nitrogens with zero attached hydrogens (tertiary/aromatic N) is 1. The van der Waals surface area contributed by atoms with Crippen LogP contribution in [0.4, 0.5) is 9.59 Å². The van der Waals surface area contributed by atoms with Crippen LogP contribution >= 0.6 is 0 Å². The molecule has 0 aliphatic carbocycles. The van der Waals surface area contributed by atoms with Crippen molar-refractivity contribution < 1.29 is 19.8 Å². The second-order valence-corrected chi connectivity index (χ2v) is 1.79. The van der Waals surface area contributed by atoms with Gasteiger partial charge in [0.1, 0.15) is 0 Å². The van der Waals surface area contributed by atoms with Gasteiger partial charge < -0.3 is 21.7 Å². The molecule has 0 aliphatic heterocycles. The fourth-order valence-electron chi connectivity index (χ4n) is 0.312. The van der Waals surface area contributed by atoms with Crippen LogP contribution in [0.3, 0.4) is 0 Å². The second-order valence-electron chi connectivity index (χ2n) is 1.79. The van der Waals surface area contributed by atoms with Gasteiger partial charge in [-0.3, -0.25) is 4.79 Å². The SMILES string of the molecule is NC(=O)O.NC(=O)O.O=c1cccn[nH]1. The van der Waals surface area contributed by atoms with Gasteiger partial charge in [-0.1, -0.05) is 0 Å². The highest BCUT2D eigenvalue weighted by Gasteiger charge is 1.70. The van der Waals surface area contributed by atoms with Crippen molar-refractivity contribution in [1.82, 2.24) is 10.2 Å². The highest BCUT2D eigenvalue weighted by molar-refractivity contribution is 5.61. The fourth-order valence-corrected chi connectivity index (χ4v) is 0.312. The number of aromatic nitrogens is 2. The first-order chi connectivity index (χ1) is 6.86. The summed E-state index contributed by atoms with van der Waals surface area (Å²) in [5.74, 6) is 0. The summed E-state index contributed by atoms with van der Waals surface area (Å²) < 4.78 is 0. The lowest BCUT2D eigenvalue weighted by Gasteiger charge is -1.72. The Morgan fingerprint density at radius 3 is 1.80 bits per heavy atom. The average molecular weight is 218 g/mol. The zero-order valence-corrected chi connectivity index (χ0v) is 7.45. The number of nitrogens with two attached hydrogens (primary N) is 2. The predicted molar refractivity (Wildman–Crippen MR) is 49.3 cm³/mol. The van der Waals surface area contributed by atoms with Crippen molar-refractivity contribution in [3.05, 3.63) is 28.7 Å². The highest BCUT2D eigenvalue weighted by Crippen LogP contribution is 1.60. The first-order valence-electron chi connectivity index (χ1n) is 3.32. The summed E-state index contributed by atoms with van der Waals surface area (Å²) in [6.45, 7) is 0. The Bertz CT molecular complexity index is 312. The quantitative estimate of drug-likeness (QED) is 0.374. The number of primary amides is 2. The van der Waals surface area contributed by atoms with Crippen LogP contribution in [0.25, 0.3) is 0 Å². The van der Waals surface area contributed by atoms with Gasteiger partial charge in [0.15, 0.2) is 0 Å². The number of nitrogens with one attached hydrogen (secondary N) is 1. The van der Waals surface area contributed by atoms with Crippen molar-refractivity contribution in [2.24, 2.45) is 11.5 Å². The molecule has 2 amide bonds. The Balaban J connectivity index is 0. The van der Waals surface area contributed by atoms with E-state index in [9.17, 15) is 4.79 Å². The lowest BCUT2D eigenvalue weighted by molar-refractivity contribution is 0.204. The fraction of sp³-hybridized carbons (Fsp3) is 0. The molecule has 0 saturated carbocycles. The van der Waals surface area contributed by atoms with E-state index in [0.717, 1.165) is 0 Å². The first-order valence-corrected chi connectivity index (χ1v) is 3.32. The molecule has 0 radical (unpaired) electrons. The van der Waals surface area contributed by atoms with Crippen molar-refractivity contribution >= 4 is 12.2 Å². The third-order valence-electron chi connectivity index (χ3n) is 0.583. The summed E-state index contributed by atoms with van der Waals surface area (Å²) in [7, 11) is 0. The van der Waals surface area contributed by atoms with Gasteiger partial charge in [-0.2, -0.15) is 5.10 Å². The molecule has 0 saturated heterocycles. The van der Waals surface area contributed by atoms with E-state index in [2.05, 4.69) is 21.7 Å². The first kappa shape index (κ1) is 14.9. The molecule has 0 fully saturated rings. The molecule has 9 nitrogen and oxygen atoms in total. The Kier molecular flexibility index (Phi) is 9.46. The zero-order chi connectivity index (χ0) is 12.3. The molecule has 15 heavy (non-hydrogen) atoms. The molecule has 9 heteroatoms. The number of carbonyl (C=O) groups is 2. The Labute approximate surface area is 83.3 Å². The Hall–Kier alpha value is -2.58. The molecular formula is C6H10N4O5. The predicted octanol–water partition coefficient (Wildman–Crippen LogP) is -0.984. The number of amides is 2. The largest absolute Gasteiger partial charge is 0.465 e. The maximum atomic E-state index is 10.2. The van der Waals surface area contributed by atoms with Crippen molar-refractivity contribution in [2.75, 3.05) is 0 Å². The minimum absolute atomic E-state index is 0.164. The van der Waals surface area contributed by atoms with E-state index >= 15 is 0 Å². The molecule has 0 spiro atoms. The van der Waals surface area contributed by atoms with Crippen LogP contribution in [0.5, 0.6) is 0 Å². The zero-order valence-electron chi connectivity index (χ0n) is 7.45. The smallest absolute Gasteiger partial charge is 0.402 e. The number of rotatable bonds is 0. The van der Waals surface area contributed by atoms with Gasteiger partial charge in [-0.05, 0) is 6.07 Å². The van der Waals surface area contributed by atoms with Crippen LogP contribution in [0.15, 0.2) is 23.1 Å². The van der Waals surface area contributed by atoms with E-state index in [1.165, 1.54) is 12.3 Å². The van der Waals surface area contributed by atoms with Crippen LogP contribution in [0, 0.1) is 0 Å². The Morgan fingerprint density at radius 1 is 1.27 bits per heavy atom. The average Bonchev–Trinajstić information content (AvgIpc) is 2.03. The standard InChI is InChI=1S/C4H4N2O.2CH3NO2/c7-4-2-1-3-5-6-4;2*2-1(3)4/h1-3H,(H,6,7);2*2H2,(H,3,4). The van der Waals surface area contributed by atoms with Gasteiger partial charge in [-0.15, -0.1) is 0 Å². The lowest BCUT2D eigenvalue weighted by atomic mass is 10.6. The maximum absolute atomic E-state index is 10.2. The van der Waals surface area contributed by atoms with Crippen LogP contribution in [-0.2, 0) is 0 Å². The number of hydrogen-bond acceptors (Lipinski definition) is 4. The number of carboxylic acid groups (broad SMARTS) is 2. The minimum atomic E-state index is -1.33. The number of aromatic amines is 1. The molecule has 1 aromatic heterocycles. The van der Waals surface area contributed by atoms with Crippen molar-refractivity contribution in [3.63, 3.8) is 0 Å². The molecule has 84 valence electrons. The molecule has 0 unspecified atom stereocenters. The molecule has 7 N–H and O–H groups in total. The molecule has 1 aromatic rings. The summed E-state index contributed by atoms with van der Waals surface area (Å²) in [6.07, 6.45) is -1.15. The van der Waals surface area contributed by atoms with Crippen LogP contribution in [-0.4, -0.2) is 32.6 Å². The lowest BCUT2D eigenvalue weighted by Crippen LogP contribution is -2.03. The maximum Gasteiger partial charge on any atom is 0.402 e. The normalized spacial score (nSPS) is 7.20. The van der Waals surface area contributed by atoms with Crippen LogP contribution in [0.2, 0.25) is 0 Å². The molecule has 0 atom stereocenters. The van der Waals surface area contributed by atoms with E-state index in [1.807, 2.05) is 0 Å². The van der Waals surface area contributed by atoms with E-state index in [-0.39, 0.29) is 5.56 Å². The summed E-state index contributed by atoms with van der Waals surface area (Å²) in [6, 6.07) is 2.99. The monoisotopic (exact) mass is 218 g/mol. The van der Waals surface area contributed by atoms with Gasteiger partial charge in [0, 0.05) is 12.3 Å². The molecule has 0 bridgehead atoms. The highest BCUT2D eigenvalue weighted by atomic mass is 16.4. The third-order valence-corrected chi connectivity index (χ3v) is 0.583. The summed E-state index contributed by atoms with van der Waals surface area (Å²) in [5.41, 5.74) is 7.89. The van der Waals surface area contributed by atoms with Gasteiger partial charge in [0.25, 0.3) is 5.56 Å². The van der Waals surface area contributed by atoms with Gasteiger partial charge >= 0.3 is 12.2 Å². The van der Waals surface area contributed by atoms with Crippen molar-refractivity contribution in [1.29, 1.82) is 0 Å². The molecular weight excluding hydrogens is 208 g/mol. The summed E-state index contributed by atoms with van der Waals surface area (Å²) in [4.78, 5) is 27.7. The number of hydrogen-bond donors (Lipinski definition) is 5. The van der Waals surface area contributed by atoms with Crippen LogP contribution in [0.1, 0.15) is 0 Å². The Morgan fingerprint density at radius 2 is 1.67 bits per heavy atom. The van der Waals surface area contributed by atoms with Crippen molar-refractivity contribution in [2.45, 2.75) is 0 Å². The van der Waals surface area contributed by atoms with E-state index in [4.69, 9.17) is 19.8 Å². The summed E-state index contributed by atoms with van der Waals surface area (Å²) >= 11 is 0. The minimum Gasteiger partial charge on any atom is -0.465 e. The van der Waals surface area contributed by atoms with E-state index < -0.39 is 12.2 Å². The van der Waals surface area contributed by atoms with Gasteiger partial charge in [0.2, 0.25) is 0 Å².